The van der Waals surface area contributed by atoms with E-state index >= 15 is 0 Å². The lowest BCUT2D eigenvalue weighted by Crippen LogP contribution is -3.07. The largest absolute Gasteiger partial charge is 0.634 e. The summed E-state index contributed by atoms with van der Waals surface area (Å²) in [7, 11) is 0. The normalized spacial score (nSPS) is 13.2. The summed E-state index contributed by atoms with van der Waals surface area (Å²) < 4.78 is 0. The third-order valence-corrected chi connectivity index (χ3v) is 0.876. The molecule has 8 heavy (non-hydrogen) atoms. The van der Waals surface area contributed by atoms with E-state index in [1.807, 2.05) is 0 Å². The van der Waals surface area contributed by atoms with E-state index in [-0.39, 0.29) is 11.6 Å². The molecular weight excluding hydrogens is 108 g/mol. The Kier molecular flexibility index (Phi) is 4.39. The van der Waals surface area contributed by atoms with Crippen LogP contribution in [0, 0.1) is 10.1 Å². The van der Waals surface area contributed by atoms with Crippen molar-refractivity contribution in [3.63, 3.8) is 0 Å². The van der Waals surface area contributed by atoms with Crippen molar-refractivity contribution in [3.8, 4) is 0 Å². The summed E-state index contributed by atoms with van der Waals surface area (Å²) in [5, 5.41) is 13.0. The van der Waals surface area contributed by atoms with Gasteiger partial charge in [0.1, 0.15) is 13.1 Å². The van der Waals surface area contributed by atoms with Gasteiger partial charge in [0.2, 0.25) is 0 Å². The van der Waals surface area contributed by atoms with Crippen LogP contribution in [0.5, 0.6) is 0 Å². The first-order valence-corrected chi connectivity index (χ1v) is 2.62. The van der Waals surface area contributed by atoms with Crippen molar-refractivity contribution in [2.45, 2.75) is 6.92 Å². The highest BCUT2D eigenvalue weighted by Gasteiger charge is 1.89. The number of nitroso groups, excluding NO2 is 1. The Morgan fingerprint density at radius 1 is 1.75 bits per heavy atom. The molecule has 0 amide bonds. The Bertz CT molecular complexity index is 67.1. The third kappa shape index (κ3) is 3.70. The Balaban J connectivity index is 2.97. The van der Waals surface area contributed by atoms with E-state index in [1.165, 1.54) is 0 Å². The summed E-state index contributed by atoms with van der Waals surface area (Å²) in [6.07, 6.45) is 0. The van der Waals surface area contributed by atoms with E-state index in [4.69, 9.17) is 0 Å². The number of hydroxylamine groups is 2. The highest BCUT2D eigenvalue weighted by atomic mass is 16.5. The van der Waals surface area contributed by atoms with Crippen molar-refractivity contribution in [1.29, 1.82) is 0 Å². The fraction of sp³-hybridized carbons (Fsp3) is 1.00. The number of rotatable bonds is 4. The minimum absolute atomic E-state index is 0.101. The number of hydrogen-bond donors (Lipinski definition) is 1. The molecule has 1 unspecified atom stereocenters. The molecule has 0 radical (unpaired) electrons. The van der Waals surface area contributed by atoms with Gasteiger partial charge in [0.05, 0.1) is 6.54 Å². The molecule has 1 atom stereocenters. The second kappa shape index (κ2) is 4.67. The van der Waals surface area contributed by atoms with Crippen LogP contribution in [0.2, 0.25) is 0 Å². The van der Waals surface area contributed by atoms with Gasteiger partial charge in [-0.3, -0.25) is 0 Å². The molecule has 0 aliphatic carbocycles. The molecule has 0 spiro atoms. The van der Waals surface area contributed by atoms with Crippen molar-refractivity contribution in [2.75, 3.05) is 19.6 Å². The topological polar surface area (TPSA) is 56.9 Å². The zero-order chi connectivity index (χ0) is 6.41. The SMILES string of the molecule is CC[NH+]([O-])CCN=O. The van der Waals surface area contributed by atoms with Crippen LogP contribution < -0.4 is 5.06 Å². The summed E-state index contributed by atoms with van der Waals surface area (Å²) in [5.41, 5.74) is 0. The third-order valence-electron chi connectivity index (χ3n) is 0.876. The maximum atomic E-state index is 10.4. The van der Waals surface area contributed by atoms with Gasteiger partial charge in [-0.1, -0.05) is 5.18 Å². The Morgan fingerprint density at radius 2 is 2.38 bits per heavy atom. The smallest absolute Gasteiger partial charge is 0.130 e. The van der Waals surface area contributed by atoms with Crippen molar-refractivity contribution in [2.24, 2.45) is 5.18 Å². The van der Waals surface area contributed by atoms with Gasteiger partial charge in [0.25, 0.3) is 0 Å². The standard InChI is InChI=1S/C4H10N2O2/c1-2-6(8)4-3-5-7/h6H,2-4H2,1H3. The van der Waals surface area contributed by atoms with Gasteiger partial charge in [-0.25, -0.2) is 0 Å². The molecule has 1 N–H and O–H groups in total. The summed E-state index contributed by atoms with van der Waals surface area (Å²) in [5.74, 6) is 0. The zero-order valence-corrected chi connectivity index (χ0v) is 4.89. The molecule has 0 bridgehead atoms. The monoisotopic (exact) mass is 118 g/mol. The van der Waals surface area contributed by atoms with Crippen LogP contribution in [0.1, 0.15) is 6.92 Å². The predicted molar refractivity (Wildman–Crippen MR) is 30.4 cm³/mol. The maximum Gasteiger partial charge on any atom is 0.130 e. The van der Waals surface area contributed by atoms with Crippen LogP contribution in [0.15, 0.2) is 5.18 Å². The van der Waals surface area contributed by atoms with Gasteiger partial charge in [0.15, 0.2) is 0 Å². The van der Waals surface area contributed by atoms with Crippen molar-refractivity contribution < 1.29 is 5.06 Å². The van der Waals surface area contributed by atoms with E-state index < -0.39 is 0 Å². The lowest BCUT2D eigenvalue weighted by atomic mass is 10.6. The molecule has 0 aromatic rings. The Hall–Kier alpha value is -0.480. The number of likely N-dealkylation sites (N-methyl/N-ethyl adjacent to an activating group) is 1. The second-order valence-corrected chi connectivity index (χ2v) is 1.49. The van der Waals surface area contributed by atoms with Gasteiger partial charge in [-0.2, -0.15) is 4.91 Å². The fourth-order valence-electron chi connectivity index (χ4n) is 0.347. The predicted octanol–water partition coefficient (Wildman–Crippen LogP) is -0.845. The lowest BCUT2D eigenvalue weighted by molar-refractivity contribution is -0.844. The van der Waals surface area contributed by atoms with Crippen molar-refractivity contribution in [3.05, 3.63) is 10.1 Å². The molecule has 4 nitrogen and oxygen atoms in total. The van der Waals surface area contributed by atoms with Crippen LogP contribution in [-0.2, 0) is 0 Å². The molecule has 0 saturated carbocycles. The molecule has 0 aliphatic rings. The van der Waals surface area contributed by atoms with Gasteiger partial charge < -0.3 is 10.3 Å². The summed E-state index contributed by atoms with van der Waals surface area (Å²) in [6.45, 7) is 2.72. The zero-order valence-electron chi connectivity index (χ0n) is 4.89. The number of quaternary nitrogens is 1. The first kappa shape index (κ1) is 7.52. The maximum absolute atomic E-state index is 10.4. The number of nitrogens with one attached hydrogen (secondary N) is 1. The lowest BCUT2D eigenvalue weighted by Gasteiger charge is -2.17. The molecule has 4 heteroatoms. The molecule has 0 saturated heterocycles. The number of hydrogen-bond acceptors (Lipinski definition) is 3. The number of nitrogens with zero attached hydrogens (tertiary/aromatic N) is 1. The first-order chi connectivity index (χ1) is 3.81. The first-order valence-electron chi connectivity index (χ1n) is 2.62. The molecule has 0 heterocycles. The summed E-state index contributed by atoms with van der Waals surface area (Å²) in [6, 6.07) is 0. The van der Waals surface area contributed by atoms with E-state index in [2.05, 4.69) is 5.18 Å². The van der Waals surface area contributed by atoms with Crippen LogP contribution in [-0.4, -0.2) is 19.6 Å². The fourth-order valence-corrected chi connectivity index (χ4v) is 0.347. The highest BCUT2D eigenvalue weighted by molar-refractivity contribution is 4.34. The average Bonchev–Trinajstić information content (AvgIpc) is 1.83. The van der Waals surface area contributed by atoms with E-state index in [1.54, 1.807) is 6.92 Å². The minimum atomic E-state index is 0.101. The van der Waals surface area contributed by atoms with Crippen molar-refractivity contribution in [1.82, 2.24) is 0 Å². The molecule has 48 valence electrons. The minimum Gasteiger partial charge on any atom is -0.634 e. The molecule has 0 aromatic carbocycles. The van der Waals surface area contributed by atoms with Gasteiger partial charge in [0, 0.05) is 0 Å². The second-order valence-electron chi connectivity index (χ2n) is 1.49. The summed E-state index contributed by atoms with van der Waals surface area (Å²) in [4.78, 5) is 9.42. The van der Waals surface area contributed by atoms with Gasteiger partial charge in [-0.05, 0) is 6.92 Å². The quantitative estimate of drug-likeness (QED) is 0.386. The molecular formula is C4H10N2O2. The highest BCUT2D eigenvalue weighted by Crippen LogP contribution is 1.56. The molecule has 0 aliphatic heterocycles. The van der Waals surface area contributed by atoms with Crippen LogP contribution in [0.25, 0.3) is 0 Å². The van der Waals surface area contributed by atoms with E-state index in [0.29, 0.717) is 13.1 Å². The molecule has 0 rings (SSSR count). The van der Waals surface area contributed by atoms with Gasteiger partial charge >= 0.3 is 0 Å². The molecule has 0 fully saturated rings. The Morgan fingerprint density at radius 3 is 2.75 bits per heavy atom. The summed E-state index contributed by atoms with van der Waals surface area (Å²) >= 11 is 0. The van der Waals surface area contributed by atoms with E-state index in [9.17, 15) is 10.1 Å². The van der Waals surface area contributed by atoms with Crippen molar-refractivity contribution >= 4 is 0 Å². The average molecular weight is 118 g/mol. The molecule has 0 aromatic heterocycles. The Labute approximate surface area is 48.0 Å². The van der Waals surface area contributed by atoms with Crippen LogP contribution in [0.4, 0.5) is 0 Å². The van der Waals surface area contributed by atoms with E-state index in [0.717, 1.165) is 0 Å². The van der Waals surface area contributed by atoms with Gasteiger partial charge in [-0.15, -0.1) is 0 Å². The van der Waals surface area contributed by atoms with Crippen LogP contribution in [0.3, 0.4) is 0 Å². The van der Waals surface area contributed by atoms with Crippen LogP contribution >= 0.6 is 0 Å².